The number of aromatic nitrogens is 3. The van der Waals surface area contributed by atoms with E-state index in [9.17, 15) is 4.79 Å². The van der Waals surface area contributed by atoms with Gasteiger partial charge < -0.3 is 14.6 Å². The Hall–Kier alpha value is -2.80. The molecule has 7 heteroatoms. The second kappa shape index (κ2) is 8.93. The Balaban J connectivity index is 1.78. The van der Waals surface area contributed by atoms with Gasteiger partial charge in [-0.25, -0.2) is 0 Å². The quantitative estimate of drug-likeness (QED) is 0.600. The number of hydrogen-bond donors (Lipinski definition) is 1. The molecule has 0 aliphatic heterocycles. The zero-order valence-electron chi connectivity index (χ0n) is 16.5. The van der Waals surface area contributed by atoms with E-state index in [4.69, 9.17) is 4.74 Å². The number of ether oxygens (including phenoxy) is 1. The van der Waals surface area contributed by atoms with Crippen LogP contribution in [0.25, 0.3) is 11.4 Å². The summed E-state index contributed by atoms with van der Waals surface area (Å²) in [5, 5.41) is 12.0. The first kappa shape index (κ1) is 19.9. The standard InChI is InChI=1S/C21H24N4O2S/c1-5-25-19(17-8-6-7-9-18(17)27-4)23-24-21(25)28-15(3)20(26)22-16-12-10-14(2)11-13-16/h6-13,15H,5H2,1-4H3,(H,22,26)/t15-/m0/s1. The van der Waals surface area contributed by atoms with Gasteiger partial charge in [-0.2, -0.15) is 0 Å². The molecule has 0 saturated heterocycles. The predicted octanol–water partition coefficient (Wildman–Crippen LogP) is 4.40. The molecule has 1 N–H and O–H groups in total. The molecule has 28 heavy (non-hydrogen) atoms. The van der Waals surface area contributed by atoms with E-state index in [-0.39, 0.29) is 11.2 Å². The molecule has 6 nitrogen and oxygen atoms in total. The zero-order chi connectivity index (χ0) is 20.1. The molecular weight excluding hydrogens is 372 g/mol. The van der Waals surface area contributed by atoms with Crippen LogP contribution in [0.4, 0.5) is 5.69 Å². The van der Waals surface area contributed by atoms with Gasteiger partial charge in [0.1, 0.15) is 5.75 Å². The summed E-state index contributed by atoms with van der Waals surface area (Å²) >= 11 is 1.39. The van der Waals surface area contributed by atoms with Gasteiger partial charge in [-0.05, 0) is 45.0 Å². The van der Waals surface area contributed by atoms with Crippen LogP contribution in [0.15, 0.2) is 53.7 Å². The number of rotatable bonds is 7. The van der Waals surface area contributed by atoms with E-state index in [2.05, 4.69) is 15.5 Å². The van der Waals surface area contributed by atoms with Crippen LogP contribution in [0.2, 0.25) is 0 Å². The maximum atomic E-state index is 12.6. The Bertz CT molecular complexity index is 953. The van der Waals surface area contributed by atoms with Crippen LogP contribution >= 0.6 is 11.8 Å². The van der Waals surface area contributed by atoms with Crippen molar-refractivity contribution in [1.82, 2.24) is 14.8 Å². The molecule has 1 amide bonds. The molecule has 0 unspecified atom stereocenters. The number of benzene rings is 2. The van der Waals surface area contributed by atoms with E-state index >= 15 is 0 Å². The van der Waals surface area contributed by atoms with Crippen molar-refractivity contribution in [1.29, 1.82) is 0 Å². The maximum Gasteiger partial charge on any atom is 0.237 e. The third-order valence-electron chi connectivity index (χ3n) is 4.35. The lowest BCUT2D eigenvalue weighted by Gasteiger charge is -2.13. The predicted molar refractivity (Wildman–Crippen MR) is 113 cm³/mol. The Morgan fingerprint density at radius 2 is 1.89 bits per heavy atom. The van der Waals surface area contributed by atoms with Gasteiger partial charge in [0, 0.05) is 12.2 Å². The topological polar surface area (TPSA) is 69.0 Å². The Morgan fingerprint density at radius 3 is 2.57 bits per heavy atom. The molecule has 1 atom stereocenters. The molecular formula is C21H24N4O2S. The van der Waals surface area contributed by atoms with Crippen LogP contribution in [-0.4, -0.2) is 33.0 Å². The van der Waals surface area contributed by atoms with E-state index in [0.29, 0.717) is 11.7 Å². The van der Waals surface area contributed by atoms with Crippen molar-refractivity contribution in [2.45, 2.75) is 37.7 Å². The van der Waals surface area contributed by atoms with Crippen LogP contribution in [0.5, 0.6) is 5.75 Å². The second-order valence-corrected chi connectivity index (χ2v) is 7.67. The van der Waals surface area contributed by atoms with Gasteiger partial charge in [0.2, 0.25) is 5.91 Å². The van der Waals surface area contributed by atoms with Gasteiger partial charge in [-0.15, -0.1) is 10.2 Å². The molecule has 3 aromatic rings. The molecule has 0 saturated carbocycles. The molecule has 146 valence electrons. The highest BCUT2D eigenvalue weighted by molar-refractivity contribution is 8.00. The van der Waals surface area contributed by atoms with Gasteiger partial charge >= 0.3 is 0 Å². The van der Waals surface area contributed by atoms with Gasteiger partial charge in [0.05, 0.1) is 17.9 Å². The smallest absolute Gasteiger partial charge is 0.237 e. The monoisotopic (exact) mass is 396 g/mol. The minimum atomic E-state index is -0.318. The van der Waals surface area contributed by atoms with Crippen molar-refractivity contribution < 1.29 is 9.53 Å². The van der Waals surface area contributed by atoms with Gasteiger partial charge in [-0.3, -0.25) is 4.79 Å². The molecule has 0 aliphatic rings. The first-order valence-corrected chi connectivity index (χ1v) is 10.0. The van der Waals surface area contributed by atoms with Crippen LogP contribution in [0, 0.1) is 6.92 Å². The fourth-order valence-corrected chi connectivity index (χ4v) is 3.69. The van der Waals surface area contributed by atoms with Gasteiger partial charge in [0.15, 0.2) is 11.0 Å². The Kier molecular flexibility index (Phi) is 6.36. The van der Waals surface area contributed by atoms with E-state index in [1.54, 1.807) is 7.11 Å². The minimum absolute atomic E-state index is 0.0710. The summed E-state index contributed by atoms with van der Waals surface area (Å²) in [7, 11) is 1.64. The van der Waals surface area contributed by atoms with E-state index in [1.807, 2.05) is 73.9 Å². The fraction of sp³-hybridized carbons (Fsp3) is 0.286. The van der Waals surface area contributed by atoms with Crippen molar-refractivity contribution in [2.75, 3.05) is 12.4 Å². The Morgan fingerprint density at radius 1 is 1.18 bits per heavy atom. The summed E-state index contributed by atoms with van der Waals surface area (Å²) in [5.74, 6) is 1.40. The summed E-state index contributed by atoms with van der Waals surface area (Å²) in [4.78, 5) is 12.6. The lowest BCUT2D eigenvalue weighted by molar-refractivity contribution is -0.115. The highest BCUT2D eigenvalue weighted by atomic mass is 32.2. The van der Waals surface area contributed by atoms with E-state index in [1.165, 1.54) is 11.8 Å². The second-order valence-electron chi connectivity index (χ2n) is 6.37. The number of carbonyl (C=O) groups is 1. The first-order valence-electron chi connectivity index (χ1n) is 9.14. The third-order valence-corrected chi connectivity index (χ3v) is 5.43. The number of methoxy groups -OCH3 is 1. The SMILES string of the molecule is CCn1c(S[C@@H](C)C(=O)Nc2ccc(C)cc2)nnc1-c1ccccc1OC. The van der Waals surface area contributed by atoms with Crippen LogP contribution in [-0.2, 0) is 11.3 Å². The average molecular weight is 397 g/mol. The molecule has 1 aromatic heterocycles. The summed E-state index contributed by atoms with van der Waals surface area (Å²) in [6.45, 7) is 6.60. The van der Waals surface area contributed by atoms with Crippen LogP contribution < -0.4 is 10.1 Å². The number of carbonyl (C=O) groups excluding carboxylic acids is 1. The molecule has 2 aromatic carbocycles. The molecule has 3 rings (SSSR count). The zero-order valence-corrected chi connectivity index (χ0v) is 17.3. The number of nitrogens with zero attached hydrogens (tertiary/aromatic N) is 3. The highest BCUT2D eigenvalue weighted by Gasteiger charge is 2.21. The van der Waals surface area contributed by atoms with Crippen molar-refractivity contribution in [3.63, 3.8) is 0 Å². The number of anilines is 1. The average Bonchev–Trinajstić information content (AvgIpc) is 3.11. The number of nitrogens with one attached hydrogen (secondary N) is 1. The minimum Gasteiger partial charge on any atom is -0.496 e. The van der Waals surface area contributed by atoms with E-state index < -0.39 is 0 Å². The maximum absolute atomic E-state index is 12.6. The van der Waals surface area contributed by atoms with Gasteiger partial charge in [0.25, 0.3) is 0 Å². The number of aryl methyl sites for hydroxylation is 1. The number of hydrogen-bond acceptors (Lipinski definition) is 5. The van der Waals surface area contributed by atoms with Crippen LogP contribution in [0.3, 0.4) is 0 Å². The largest absolute Gasteiger partial charge is 0.496 e. The molecule has 0 fully saturated rings. The number of para-hydroxylation sites is 1. The molecule has 1 heterocycles. The van der Waals surface area contributed by atoms with Crippen molar-refractivity contribution >= 4 is 23.4 Å². The van der Waals surface area contributed by atoms with Crippen LogP contribution in [0.1, 0.15) is 19.4 Å². The molecule has 0 spiro atoms. The fourth-order valence-electron chi connectivity index (χ4n) is 2.78. The first-order chi connectivity index (χ1) is 13.5. The highest BCUT2D eigenvalue weighted by Crippen LogP contribution is 2.32. The lowest BCUT2D eigenvalue weighted by Crippen LogP contribution is -2.22. The third kappa shape index (κ3) is 4.36. The normalized spacial score (nSPS) is 11.9. The summed E-state index contributed by atoms with van der Waals surface area (Å²) < 4.78 is 7.45. The van der Waals surface area contributed by atoms with Gasteiger partial charge in [-0.1, -0.05) is 41.6 Å². The summed E-state index contributed by atoms with van der Waals surface area (Å²) in [5.41, 5.74) is 2.82. The number of amides is 1. The lowest BCUT2D eigenvalue weighted by atomic mass is 10.2. The Labute approximate surface area is 169 Å². The summed E-state index contributed by atoms with van der Waals surface area (Å²) in [6, 6.07) is 15.5. The van der Waals surface area contributed by atoms with Crippen molar-refractivity contribution in [3.05, 3.63) is 54.1 Å². The van der Waals surface area contributed by atoms with E-state index in [0.717, 1.165) is 28.4 Å². The summed E-state index contributed by atoms with van der Waals surface area (Å²) in [6.07, 6.45) is 0. The molecule has 0 bridgehead atoms. The van der Waals surface area contributed by atoms with Crippen molar-refractivity contribution in [3.8, 4) is 17.1 Å². The molecule has 0 aliphatic carbocycles. The molecule has 0 radical (unpaired) electrons. The number of thioether (sulfide) groups is 1. The van der Waals surface area contributed by atoms with Crippen molar-refractivity contribution in [2.24, 2.45) is 0 Å².